The van der Waals surface area contributed by atoms with Crippen molar-refractivity contribution in [2.24, 2.45) is 0 Å². The molecule has 1 amide bonds. The van der Waals surface area contributed by atoms with Crippen molar-refractivity contribution in [3.63, 3.8) is 0 Å². The Kier molecular flexibility index (Phi) is 5.44. The number of anilines is 1. The third-order valence-corrected chi connectivity index (χ3v) is 10.1. The van der Waals surface area contributed by atoms with Gasteiger partial charge in [0.25, 0.3) is 0 Å². The number of rotatable bonds is 5. The minimum Gasteiger partial charge on any atom is -0.314 e. The molecule has 1 aliphatic heterocycles. The number of nitrogens with one attached hydrogen (secondary N) is 1. The van der Waals surface area contributed by atoms with Crippen LogP contribution in [-0.4, -0.2) is 37.6 Å². The number of thiazole rings is 1. The molecule has 1 atom stereocenters. The number of sulfonamides is 1. The number of carbonyl (C=O) groups is 1. The summed E-state index contributed by atoms with van der Waals surface area (Å²) >= 11 is 2.84. The maximum Gasteiger partial charge on any atom is 0.249 e. The summed E-state index contributed by atoms with van der Waals surface area (Å²) in [5.41, 5.74) is 3.47. The minimum absolute atomic E-state index is 0.0488. The number of nitrogens with zero attached hydrogens (tertiary/aromatic N) is 2. The molecule has 1 unspecified atom stereocenters. The second kappa shape index (κ2) is 7.58. The second-order valence-corrected chi connectivity index (χ2v) is 13.8. The first-order valence-electron chi connectivity index (χ1n) is 9.88. The van der Waals surface area contributed by atoms with Crippen LogP contribution in [0.25, 0.3) is 10.2 Å². The number of hydrogen-bond acceptors (Lipinski definition) is 6. The molecule has 0 saturated carbocycles. The van der Waals surface area contributed by atoms with Crippen LogP contribution in [0, 0.1) is 6.92 Å². The third-order valence-electron chi connectivity index (χ3n) is 5.45. The number of hydrogen-bond donors (Lipinski definition) is 1. The number of aryl methyl sites for hydroxylation is 1. The highest BCUT2D eigenvalue weighted by atomic mass is 32.2. The van der Waals surface area contributed by atoms with Crippen molar-refractivity contribution in [2.45, 2.75) is 41.5 Å². The van der Waals surface area contributed by atoms with Crippen molar-refractivity contribution in [3.05, 3.63) is 53.6 Å². The maximum absolute atomic E-state index is 13.6. The average molecular weight is 476 g/mol. The van der Waals surface area contributed by atoms with Gasteiger partial charge in [-0.25, -0.2) is 18.1 Å². The number of fused-ring (bicyclic) bond motifs is 2. The molecule has 2 heterocycles. The summed E-state index contributed by atoms with van der Waals surface area (Å²) in [5.74, 6) is -0.158. The first kappa shape index (κ1) is 22.3. The van der Waals surface area contributed by atoms with Crippen LogP contribution in [-0.2, 0) is 19.6 Å². The van der Waals surface area contributed by atoms with E-state index in [0.717, 1.165) is 31.4 Å². The summed E-state index contributed by atoms with van der Waals surface area (Å²) in [4.78, 5) is 19.9. The fourth-order valence-electron chi connectivity index (χ4n) is 3.52. The van der Waals surface area contributed by atoms with Gasteiger partial charge in [-0.2, -0.15) is 0 Å². The molecular weight excluding hydrogens is 450 g/mol. The van der Waals surface area contributed by atoms with Crippen molar-refractivity contribution in [1.82, 2.24) is 9.71 Å². The van der Waals surface area contributed by atoms with Crippen LogP contribution >= 0.6 is 23.1 Å². The molecule has 164 valence electrons. The average Bonchev–Trinajstić information content (AvgIpc) is 3.18. The molecule has 1 aliphatic rings. The Morgan fingerprint density at radius 1 is 1.19 bits per heavy atom. The summed E-state index contributed by atoms with van der Waals surface area (Å²) < 4.78 is 28.1. The largest absolute Gasteiger partial charge is 0.314 e. The molecule has 0 spiro atoms. The lowest BCUT2D eigenvalue weighted by Gasteiger charge is -2.29. The predicted octanol–water partition coefficient (Wildman–Crippen LogP) is 4.29. The molecule has 0 aliphatic carbocycles. The molecule has 2 aromatic carbocycles. The third kappa shape index (κ3) is 3.77. The molecule has 3 aromatic rings. The summed E-state index contributed by atoms with van der Waals surface area (Å²) in [6.45, 7) is 6.85. The SMILES string of the molecule is Cc1ccc2c(c1)C(CNS(=O)(=O)C(C)(C)C)(Sc1nc3ccccc3s1)C(=O)N2C. The molecular formula is C22H25N3O3S3. The van der Waals surface area contributed by atoms with E-state index in [1.807, 2.05) is 49.4 Å². The molecule has 0 fully saturated rings. The van der Waals surface area contributed by atoms with Gasteiger partial charge in [-0.05, 0) is 45.9 Å². The van der Waals surface area contributed by atoms with E-state index in [2.05, 4.69) is 4.72 Å². The second-order valence-electron chi connectivity index (χ2n) is 8.70. The Hall–Kier alpha value is -1.94. The zero-order valence-corrected chi connectivity index (χ0v) is 20.5. The van der Waals surface area contributed by atoms with Crippen LogP contribution in [0.5, 0.6) is 0 Å². The molecule has 9 heteroatoms. The monoisotopic (exact) mass is 475 g/mol. The van der Waals surface area contributed by atoms with Gasteiger partial charge < -0.3 is 4.90 Å². The van der Waals surface area contributed by atoms with Crippen LogP contribution in [0.2, 0.25) is 0 Å². The summed E-state index contributed by atoms with van der Waals surface area (Å²) in [6.07, 6.45) is 0. The van der Waals surface area contributed by atoms with Gasteiger partial charge in [0.1, 0.15) is 4.75 Å². The summed E-state index contributed by atoms with van der Waals surface area (Å²) in [6, 6.07) is 13.7. The van der Waals surface area contributed by atoms with Crippen molar-refractivity contribution in [2.75, 3.05) is 18.5 Å². The highest BCUT2D eigenvalue weighted by Gasteiger charge is 2.52. The fraction of sp³-hybridized carbons (Fsp3) is 0.364. The van der Waals surface area contributed by atoms with E-state index in [1.165, 1.54) is 23.1 Å². The highest BCUT2D eigenvalue weighted by Crippen LogP contribution is 2.52. The Morgan fingerprint density at radius 2 is 1.90 bits per heavy atom. The van der Waals surface area contributed by atoms with E-state index < -0.39 is 19.5 Å². The van der Waals surface area contributed by atoms with Gasteiger partial charge in [-0.15, -0.1) is 11.3 Å². The van der Waals surface area contributed by atoms with Crippen molar-refractivity contribution < 1.29 is 13.2 Å². The number of amides is 1. The molecule has 0 radical (unpaired) electrons. The summed E-state index contributed by atoms with van der Waals surface area (Å²) in [5, 5.41) is 0. The Balaban J connectivity index is 1.83. The van der Waals surface area contributed by atoms with Gasteiger partial charge in [-0.1, -0.05) is 41.6 Å². The first-order chi connectivity index (χ1) is 14.4. The number of benzene rings is 2. The highest BCUT2D eigenvalue weighted by molar-refractivity contribution is 8.02. The Bertz CT molecular complexity index is 1240. The van der Waals surface area contributed by atoms with E-state index in [9.17, 15) is 13.2 Å². The van der Waals surface area contributed by atoms with Gasteiger partial charge in [0.2, 0.25) is 15.9 Å². The topological polar surface area (TPSA) is 79.4 Å². The van der Waals surface area contributed by atoms with Crippen molar-refractivity contribution in [3.8, 4) is 0 Å². The van der Waals surface area contributed by atoms with E-state index in [4.69, 9.17) is 4.98 Å². The molecule has 4 rings (SSSR count). The molecule has 0 saturated heterocycles. The number of thioether (sulfide) groups is 1. The molecule has 6 nitrogen and oxygen atoms in total. The lowest BCUT2D eigenvalue weighted by atomic mass is 9.98. The quantitative estimate of drug-likeness (QED) is 0.596. The van der Waals surface area contributed by atoms with Gasteiger partial charge >= 0.3 is 0 Å². The number of likely N-dealkylation sites (N-methyl/N-ethyl adjacent to an activating group) is 1. The van der Waals surface area contributed by atoms with E-state index in [1.54, 1.807) is 32.7 Å². The summed E-state index contributed by atoms with van der Waals surface area (Å²) in [7, 11) is -1.91. The minimum atomic E-state index is -3.64. The molecule has 31 heavy (non-hydrogen) atoms. The lowest BCUT2D eigenvalue weighted by Crippen LogP contribution is -2.49. The standard InChI is InChI=1S/C22H25N3O3S3/c1-14-10-11-17-15(12-14)22(19(26)25(17)5,13-23-31(27,28)21(2,3)4)30-20-24-16-8-6-7-9-18(16)29-20/h6-12,23H,13H2,1-5H3. The van der Waals surface area contributed by atoms with Crippen molar-refractivity contribution >= 4 is 54.9 Å². The van der Waals surface area contributed by atoms with Gasteiger partial charge in [0.05, 0.1) is 15.0 Å². The van der Waals surface area contributed by atoms with Crippen LogP contribution in [0.3, 0.4) is 0 Å². The zero-order chi connectivity index (χ0) is 22.6. The lowest BCUT2D eigenvalue weighted by molar-refractivity contribution is -0.119. The van der Waals surface area contributed by atoms with Gasteiger partial charge in [0.15, 0.2) is 4.34 Å². The molecule has 1 aromatic heterocycles. The van der Waals surface area contributed by atoms with E-state index >= 15 is 0 Å². The number of aromatic nitrogens is 1. The molecule has 0 bridgehead atoms. The van der Waals surface area contributed by atoms with Gasteiger partial charge in [0, 0.05) is 24.8 Å². The number of carbonyl (C=O) groups excluding carboxylic acids is 1. The fourth-order valence-corrected chi connectivity index (χ4v) is 7.10. The smallest absolute Gasteiger partial charge is 0.249 e. The normalized spacial score (nSPS) is 19.3. The molecule has 1 N–H and O–H groups in total. The van der Waals surface area contributed by atoms with Crippen LogP contribution in [0.15, 0.2) is 46.8 Å². The van der Waals surface area contributed by atoms with Gasteiger partial charge in [-0.3, -0.25) is 4.79 Å². The first-order valence-corrected chi connectivity index (χ1v) is 13.0. The maximum atomic E-state index is 13.6. The van der Waals surface area contributed by atoms with E-state index in [-0.39, 0.29) is 12.5 Å². The van der Waals surface area contributed by atoms with Crippen molar-refractivity contribution in [1.29, 1.82) is 0 Å². The Labute approximate surface area is 191 Å². The Morgan fingerprint density at radius 3 is 2.58 bits per heavy atom. The zero-order valence-electron chi connectivity index (χ0n) is 18.1. The van der Waals surface area contributed by atoms with E-state index in [0.29, 0.717) is 0 Å². The predicted molar refractivity (Wildman–Crippen MR) is 128 cm³/mol. The number of para-hydroxylation sites is 1. The van der Waals surface area contributed by atoms with Crippen LogP contribution in [0.1, 0.15) is 31.9 Å². The van der Waals surface area contributed by atoms with Crippen LogP contribution in [0.4, 0.5) is 5.69 Å². The van der Waals surface area contributed by atoms with Crippen LogP contribution < -0.4 is 9.62 Å².